The Morgan fingerprint density at radius 2 is 0.915 bits per heavy atom. The van der Waals surface area contributed by atoms with Gasteiger partial charge in [-0.2, -0.15) is 0 Å². The van der Waals surface area contributed by atoms with Crippen molar-refractivity contribution >= 4 is 65.3 Å². The van der Waals surface area contributed by atoms with Crippen LogP contribution >= 0.6 is 0 Å². The summed E-state index contributed by atoms with van der Waals surface area (Å²) in [5.74, 6) is 1.22. The summed E-state index contributed by atoms with van der Waals surface area (Å²) in [7, 11) is 0. The Kier molecular flexibility index (Phi) is 4.78. The summed E-state index contributed by atoms with van der Waals surface area (Å²) >= 11 is 0. The van der Waals surface area contributed by atoms with Crippen molar-refractivity contribution in [2.75, 3.05) is 0 Å². The van der Waals surface area contributed by atoms with Crippen LogP contribution in [0.25, 0.3) is 111 Å². The number of fused-ring (bicyclic) bond motifs is 12. The standard InChI is InChI=1S/C42H22N4O/c1-2-12-26-24(10-1)25-11-3-4-13-27(25)34-22-23(20-21-28(26)34)40-43-37-30-15-5-6-16-31(30)38-36(37)42(45-40)46-41(44-38)33-18-9-17-32-29-14-7-8-19-35(29)47-39(32)33/h1-22H. The Morgan fingerprint density at radius 3 is 1.64 bits per heavy atom. The summed E-state index contributed by atoms with van der Waals surface area (Å²) in [5, 5.41) is 10.3. The summed E-state index contributed by atoms with van der Waals surface area (Å²) in [6.45, 7) is 0. The Bertz CT molecular complexity index is 2940. The van der Waals surface area contributed by atoms with Crippen LogP contribution in [0.2, 0.25) is 0 Å². The van der Waals surface area contributed by atoms with Gasteiger partial charge < -0.3 is 4.42 Å². The number of aromatic nitrogens is 4. The number of rotatable bonds is 2. The molecule has 1 aliphatic carbocycles. The molecular weight excluding hydrogens is 576 g/mol. The van der Waals surface area contributed by atoms with E-state index in [1.165, 1.54) is 32.3 Å². The van der Waals surface area contributed by atoms with Crippen LogP contribution in [-0.2, 0) is 0 Å². The van der Waals surface area contributed by atoms with Gasteiger partial charge in [0.1, 0.15) is 11.2 Å². The van der Waals surface area contributed by atoms with E-state index >= 15 is 0 Å². The average Bonchev–Trinajstić information content (AvgIpc) is 3.68. The molecule has 0 bridgehead atoms. The number of hydrogen-bond donors (Lipinski definition) is 0. The number of furan rings is 1. The zero-order valence-corrected chi connectivity index (χ0v) is 24.9. The molecule has 5 heteroatoms. The molecule has 3 heterocycles. The summed E-state index contributed by atoms with van der Waals surface area (Å²) in [4.78, 5) is 20.6. The third-order valence-electron chi connectivity index (χ3n) is 9.64. The van der Waals surface area contributed by atoms with Crippen molar-refractivity contribution in [2.24, 2.45) is 0 Å². The van der Waals surface area contributed by atoms with E-state index < -0.39 is 0 Å². The fourth-order valence-electron chi connectivity index (χ4n) is 7.54. The minimum Gasteiger partial charge on any atom is -0.455 e. The predicted octanol–water partition coefficient (Wildman–Crippen LogP) is 10.8. The molecule has 0 unspecified atom stereocenters. The molecule has 0 N–H and O–H groups in total. The van der Waals surface area contributed by atoms with Gasteiger partial charge in [-0.05, 0) is 50.5 Å². The van der Waals surface area contributed by atoms with E-state index in [1.807, 2.05) is 36.4 Å². The van der Waals surface area contributed by atoms with Gasteiger partial charge in [-0.3, -0.25) is 0 Å². The van der Waals surface area contributed by atoms with Gasteiger partial charge in [0.05, 0.1) is 22.3 Å². The first kappa shape index (κ1) is 24.8. The number of hydrogen-bond acceptors (Lipinski definition) is 5. The summed E-state index contributed by atoms with van der Waals surface area (Å²) < 4.78 is 6.39. The smallest absolute Gasteiger partial charge is 0.168 e. The van der Waals surface area contributed by atoms with Gasteiger partial charge in [-0.15, -0.1) is 0 Å². The monoisotopic (exact) mass is 598 g/mol. The fourth-order valence-corrected chi connectivity index (χ4v) is 7.54. The van der Waals surface area contributed by atoms with E-state index in [1.54, 1.807) is 0 Å². The highest BCUT2D eigenvalue weighted by molar-refractivity contribution is 6.25. The highest BCUT2D eigenvalue weighted by Crippen LogP contribution is 2.46. The third-order valence-corrected chi connectivity index (χ3v) is 9.64. The topological polar surface area (TPSA) is 64.7 Å². The molecule has 5 nitrogen and oxygen atoms in total. The van der Waals surface area contributed by atoms with Gasteiger partial charge in [0.25, 0.3) is 0 Å². The predicted molar refractivity (Wildman–Crippen MR) is 190 cm³/mol. The Hall–Kier alpha value is -6.46. The van der Waals surface area contributed by atoms with Gasteiger partial charge in [0.15, 0.2) is 17.3 Å². The van der Waals surface area contributed by atoms with Gasteiger partial charge in [0.2, 0.25) is 0 Å². The van der Waals surface area contributed by atoms with Gasteiger partial charge in [-0.1, -0.05) is 115 Å². The second kappa shape index (κ2) is 9.05. The van der Waals surface area contributed by atoms with Crippen molar-refractivity contribution in [2.45, 2.75) is 0 Å². The number of benzene rings is 7. The molecule has 0 fully saturated rings. The lowest BCUT2D eigenvalue weighted by Gasteiger charge is -2.12. The van der Waals surface area contributed by atoms with Crippen LogP contribution in [0.3, 0.4) is 0 Å². The summed E-state index contributed by atoms with van der Waals surface area (Å²) in [6.07, 6.45) is 0. The Morgan fingerprint density at radius 1 is 0.383 bits per heavy atom. The number of para-hydroxylation sites is 2. The second-order valence-corrected chi connectivity index (χ2v) is 12.2. The lowest BCUT2D eigenvalue weighted by atomic mass is 9.93. The summed E-state index contributed by atoms with van der Waals surface area (Å²) in [5.41, 5.74) is 7.83. The van der Waals surface area contributed by atoms with Crippen molar-refractivity contribution in [1.82, 2.24) is 19.9 Å². The molecule has 1 aliphatic rings. The lowest BCUT2D eigenvalue weighted by Crippen LogP contribution is -1.98. The van der Waals surface area contributed by atoms with E-state index in [0.717, 1.165) is 61.0 Å². The SMILES string of the molecule is c1ccc2c(c1)-c1nc(-c3ccc4c5ccccc5c5ccccc5c4c3)nc3nc(-c4cccc5c4oc4ccccc45)nc-2c13. The lowest BCUT2D eigenvalue weighted by molar-refractivity contribution is 0.669. The Labute approximate surface area is 267 Å². The van der Waals surface area contributed by atoms with Crippen LogP contribution in [0, 0.1) is 0 Å². The molecule has 0 atom stereocenters. The zero-order chi connectivity index (χ0) is 30.6. The van der Waals surface area contributed by atoms with Crippen molar-refractivity contribution in [3.05, 3.63) is 133 Å². The maximum atomic E-state index is 6.39. The molecule has 0 spiro atoms. The minimum absolute atomic E-state index is 0.584. The maximum Gasteiger partial charge on any atom is 0.168 e. The van der Waals surface area contributed by atoms with Crippen LogP contribution < -0.4 is 0 Å². The van der Waals surface area contributed by atoms with E-state index in [0.29, 0.717) is 17.3 Å². The largest absolute Gasteiger partial charge is 0.455 e. The fraction of sp³-hybridized carbons (Fsp3) is 0. The molecule has 11 rings (SSSR count). The molecule has 10 aromatic rings. The average molecular weight is 599 g/mol. The summed E-state index contributed by atoms with van der Waals surface area (Å²) in [6, 6.07) is 46.4. The molecular formula is C42H22N4O. The van der Waals surface area contributed by atoms with Gasteiger partial charge in [0, 0.05) is 27.5 Å². The first-order valence-corrected chi connectivity index (χ1v) is 15.7. The first-order valence-electron chi connectivity index (χ1n) is 15.7. The first-order chi connectivity index (χ1) is 23.3. The van der Waals surface area contributed by atoms with Crippen molar-refractivity contribution < 1.29 is 4.42 Å². The van der Waals surface area contributed by atoms with E-state index in [4.69, 9.17) is 24.4 Å². The van der Waals surface area contributed by atoms with Crippen LogP contribution in [0.5, 0.6) is 0 Å². The molecule has 3 aromatic heterocycles. The Balaban J connectivity index is 1.19. The van der Waals surface area contributed by atoms with Crippen LogP contribution in [-0.4, -0.2) is 19.9 Å². The van der Waals surface area contributed by atoms with Crippen LogP contribution in [0.15, 0.2) is 138 Å². The van der Waals surface area contributed by atoms with Gasteiger partial charge in [-0.25, -0.2) is 19.9 Å². The van der Waals surface area contributed by atoms with E-state index in [9.17, 15) is 0 Å². The van der Waals surface area contributed by atoms with Crippen molar-refractivity contribution in [1.29, 1.82) is 0 Å². The van der Waals surface area contributed by atoms with Crippen LogP contribution in [0.4, 0.5) is 0 Å². The third kappa shape index (κ3) is 3.37. The highest BCUT2D eigenvalue weighted by atomic mass is 16.3. The molecule has 7 aromatic carbocycles. The van der Waals surface area contributed by atoms with E-state index in [-0.39, 0.29) is 0 Å². The molecule has 0 amide bonds. The molecule has 0 radical (unpaired) electrons. The minimum atomic E-state index is 0.584. The zero-order valence-electron chi connectivity index (χ0n) is 24.9. The van der Waals surface area contributed by atoms with Crippen molar-refractivity contribution in [3.8, 4) is 45.3 Å². The highest BCUT2D eigenvalue weighted by Gasteiger charge is 2.28. The van der Waals surface area contributed by atoms with E-state index in [2.05, 4.69) is 97.1 Å². The number of nitrogens with zero attached hydrogens (tertiary/aromatic N) is 4. The maximum absolute atomic E-state index is 6.39. The van der Waals surface area contributed by atoms with Crippen molar-refractivity contribution in [3.63, 3.8) is 0 Å². The molecule has 47 heavy (non-hydrogen) atoms. The quantitative estimate of drug-likeness (QED) is 0.185. The second-order valence-electron chi connectivity index (χ2n) is 12.2. The molecule has 0 saturated heterocycles. The van der Waals surface area contributed by atoms with Gasteiger partial charge >= 0.3 is 0 Å². The van der Waals surface area contributed by atoms with Crippen LogP contribution in [0.1, 0.15) is 0 Å². The normalized spacial score (nSPS) is 12.3. The molecule has 0 aliphatic heterocycles. The molecule has 0 saturated carbocycles. The molecule has 216 valence electrons.